The van der Waals surface area contributed by atoms with Crippen molar-refractivity contribution in [2.75, 3.05) is 45.4 Å². The molecule has 0 radical (unpaired) electrons. The van der Waals surface area contributed by atoms with E-state index in [0.29, 0.717) is 83.3 Å². The quantitative estimate of drug-likeness (QED) is 0.216. The van der Waals surface area contributed by atoms with E-state index in [0.717, 1.165) is 12.0 Å². The number of thioether (sulfide) groups is 1. The molecule has 1 amide bonds. The van der Waals surface area contributed by atoms with E-state index in [4.69, 9.17) is 26.4 Å². The number of amides is 1. The highest BCUT2D eigenvalue weighted by Crippen LogP contribution is 2.37. The van der Waals surface area contributed by atoms with E-state index < -0.39 is 5.56 Å². The molecule has 1 aromatic heterocycles. The third-order valence-electron chi connectivity index (χ3n) is 7.72. The zero-order chi connectivity index (χ0) is 31.3. The van der Waals surface area contributed by atoms with E-state index in [9.17, 15) is 19.6 Å². The van der Waals surface area contributed by atoms with Gasteiger partial charge in [-0.25, -0.2) is 0 Å². The summed E-state index contributed by atoms with van der Waals surface area (Å²) in [6.07, 6.45) is 3.71. The number of aromatic nitrogens is 1. The Labute approximate surface area is 261 Å². The predicted molar refractivity (Wildman–Crippen MR) is 171 cm³/mol. The van der Waals surface area contributed by atoms with E-state index in [1.807, 2.05) is 30.0 Å². The van der Waals surface area contributed by atoms with Crippen LogP contribution in [0, 0.1) is 24.2 Å². The van der Waals surface area contributed by atoms with Crippen LogP contribution in [0.3, 0.4) is 0 Å². The molecule has 228 valence electrons. The first kappa shape index (κ1) is 32.1. The predicted octanol–water partition coefficient (Wildman–Crippen LogP) is 4.29. The van der Waals surface area contributed by atoms with Crippen LogP contribution in [0.15, 0.2) is 27.9 Å². The van der Waals surface area contributed by atoms with Crippen LogP contribution < -0.4 is 19.9 Å². The number of methoxy groups -OCH3 is 2. The van der Waals surface area contributed by atoms with E-state index in [1.165, 1.54) is 11.8 Å². The number of nitrogens with zero attached hydrogens (tertiary/aromatic N) is 4. The number of carbonyl (C=O) groups is 2. The second kappa shape index (κ2) is 14.1. The zero-order valence-electron chi connectivity index (χ0n) is 25.1. The van der Waals surface area contributed by atoms with Crippen LogP contribution in [-0.2, 0) is 27.3 Å². The van der Waals surface area contributed by atoms with Crippen molar-refractivity contribution in [2.45, 2.75) is 46.6 Å². The van der Waals surface area contributed by atoms with Crippen LogP contribution in [0.4, 0.5) is 5.82 Å². The molecule has 12 heteroatoms. The van der Waals surface area contributed by atoms with Gasteiger partial charge in [0.1, 0.15) is 21.8 Å². The van der Waals surface area contributed by atoms with Gasteiger partial charge in [-0.2, -0.15) is 5.26 Å². The maximum Gasteiger partial charge on any atom is 0.310 e. The second-order valence-corrected chi connectivity index (χ2v) is 11.9. The Hall–Kier alpha value is -3.82. The summed E-state index contributed by atoms with van der Waals surface area (Å²) >= 11 is 6.80. The van der Waals surface area contributed by atoms with Gasteiger partial charge in [0.05, 0.1) is 31.6 Å². The van der Waals surface area contributed by atoms with Gasteiger partial charge in [0, 0.05) is 31.7 Å². The van der Waals surface area contributed by atoms with Gasteiger partial charge >= 0.3 is 5.97 Å². The average molecular weight is 625 g/mol. The summed E-state index contributed by atoms with van der Waals surface area (Å²) in [4.78, 5) is 43.6. The minimum absolute atomic E-state index is 0.0275. The molecule has 2 saturated heterocycles. The van der Waals surface area contributed by atoms with Gasteiger partial charge in [-0.1, -0.05) is 30.0 Å². The number of ether oxygens (including phenoxy) is 3. The SMILES string of the molecule is CCOC(=O)C1CCCN(c2c(C=C3SC(=S)N(CCc4ccc(OC)c(OC)c4)C3=O)c(C)c(C#N)c(=O)n2CC)C1. The highest BCUT2D eigenvalue weighted by Gasteiger charge is 2.34. The number of nitriles is 1. The number of thiocarbonyl (C=S) groups is 1. The average Bonchev–Trinajstić information content (AvgIpc) is 3.28. The van der Waals surface area contributed by atoms with Crippen molar-refractivity contribution >= 4 is 52.1 Å². The number of pyridine rings is 1. The number of carbonyl (C=O) groups excluding carboxylic acids is 2. The molecule has 0 saturated carbocycles. The number of benzene rings is 1. The van der Waals surface area contributed by atoms with Crippen molar-refractivity contribution in [3.63, 3.8) is 0 Å². The first-order chi connectivity index (χ1) is 20.7. The molecule has 0 aliphatic carbocycles. The van der Waals surface area contributed by atoms with Crippen LogP contribution in [-0.4, -0.2) is 66.1 Å². The topological polar surface area (TPSA) is 114 Å². The maximum absolute atomic E-state index is 13.6. The van der Waals surface area contributed by atoms with Crippen molar-refractivity contribution in [3.05, 3.63) is 55.7 Å². The summed E-state index contributed by atoms with van der Waals surface area (Å²) in [6.45, 7) is 7.31. The van der Waals surface area contributed by atoms with Crippen molar-refractivity contribution in [1.29, 1.82) is 5.26 Å². The first-order valence-corrected chi connectivity index (χ1v) is 15.5. The van der Waals surface area contributed by atoms with Crippen LogP contribution >= 0.6 is 24.0 Å². The summed E-state index contributed by atoms with van der Waals surface area (Å²) in [6, 6.07) is 7.68. The van der Waals surface area contributed by atoms with Crippen molar-refractivity contribution in [2.24, 2.45) is 5.92 Å². The molecule has 1 atom stereocenters. The smallest absolute Gasteiger partial charge is 0.310 e. The molecule has 10 nitrogen and oxygen atoms in total. The fourth-order valence-corrected chi connectivity index (χ4v) is 6.79. The Morgan fingerprint density at radius 1 is 1.21 bits per heavy atom. The minimum Gasteiger partial charge on any atom is -0.493 e. The Morgan fingerprint density at radius 2 is 1.95 bits per heavy atom. The van der Waals surface area contributed by atoms with Gasteiger partial charge in [-0.15, -0.1) is 0 Å². The molecule has 3 heterocycles. The Bertz CT molecular complexity index is 1560. The lowest BCUT2D eigenvalue weighted by Gasteiger charge is -2.36. The summed E-state index contributed by atoms with van der Waals surface area (Å²) in [5, 5.41) is 9.89. The summed E-state index contributed by atoms with van der Waals surface area (Å²) in [5.41, 5.74) is 1.68. The molecule has 0 spiro atoms. The van der Waals surface area contributed by atoms with Gasteiger partial charge in [-0.05, 0) is 69.4 Å². The number of esters is 1. The molecule has 2 aliphatic heterocycles. The third kappa shape index (κ3) is 6.58. The molecule has 0 bridgehead atoms. The molecule has 2 aromatic rings. The second-order valence-electron chi connectivity index (χ2n) is 10.2. The maximum atomic E-state index is 13.6. The van der Waals surface area contributed by atoms with E-state index in [-0.39, 0.29) is 23.4 Å². The number of hydrogen-bond donors (Lipinski definition) is 0. The highest BCUT2D eigenvalue weighted by atomic mass is 32.2. The monoisotopic (exact) mass is 624 g/mol. The highest BCUT2D eigenvalue weighted by molar-refractivity contribution is 8.26. The van der Waals surface area contributed by atoms with Gasteiger partial charge in [0.2, 0.25) is 0 Å². The number of hydrogen-bond acceptors (Lipinski definition) is 10. The van der Waals surface area contributed by atoms with Crippen molar-refractivity contribution in [3.8, 4) is 17.6 Å². The van der Waals surface area contributed by atoms with Crippen LogP contribution in [0.1, 0.15) is 48.9 Å². The van der Waals surface area contributed by atoms with Gasteiger partial charge in [-0.3, -0.25) is 23.9 Å². The molecule has 1 aromatic carbocycles. The summed E-state index contributed by atoms with van der Waals surface area (Å²) < 4.78 is 18.0. The molecule has 1 unspecified atom stereocenters. The first-order valence-electron chi connectivity index (χ1n) is 14.2. The lowest BCUT2D eigenvalue weighted by atomic mass is 9.96. The number of piperidine rings is 1. The lowest BCUT2D eigenvalue weighted by molar-refractivity contribution is -0.148. The fraction of sp³-hybridized carbons (Fsp3) is 0.452. The Morgan fingerprint density at radius 3 is 2.60 bits per heavy atom. The summed E-state index contributed by atoms with van der Waals surface area (Å²) in [5.74, 6) is 0.978. The largest absolute Gasteiger partial charge is 0.493 e. The zero-order valence-corrected chi connectivity index (χ0v) is 26.7. The molecule has 0 N–H and O–H groups in total. The van der Waals surface area contributed by atoms with E-state index >= 15 is 0 Å². The van der Waals surface area contributed by atoms with Crippen LogP contribution in [0.25, 0.3) is 6.08 Å². The molecule has 43 heavy (non-hydrogen) atoms. The van der Waals surface area contributed by atoms with E-state index in [2.05, 4.69) is 6.07 Å². The molecule has 4 rings (SSSR count). The lowest BCUT2D eigenvalue weighted by Crippen LogP contribution is -2.43. The van der Waals surface area contributed by atoms with Gasteiger partial charge in [0.15, 0.2) is 11.5 Å². The Balaban J connectivity index is 1.70. The Kier molecular flexibility index (Phi) is 10.5. The van der Waals surface area contributed by atoms with E-state index in [1.54, 1.807) is 43.6 Å². The van der Waals surface area contributed by atoms with Crippen LogP contribution in [0.2, 0.25) is 0 Å². The van der Waals surface area contributed by atoms with Gasteiger partial charge in [0.25, 0.3) is 11.5 Å². The molecule has 2 aliphatic rings. The number of anilines is 1. The van der Waals surface area contributed by atoms with Crippen LogP contribution in [0.5, 0.6) is 11.5 Å². The third-order valence-corrected chi connectivity index (χ3v) is 9.10. The number of rotatable bonds is 10. The molecular weight excluding hydrogens is 588 g/mol. The van der Waals surface area contributed by atoms with Crippen molar-refractivity contribution in [1.82, 2.24) is 9.47 Å². The fourth-order valence-electron chi connectivity index (χ4n) is 5.50. The molecular formula is C31H36N4O6S2. The standard InChI is InChI=1S/C31H36N4O6S2/c1-6-34-27(33-13-8-9-21(18-33)30(38)41-7-2)22(19(3)23(17-32)28(34)36)16-26-29(37)35(31(42)43-26)14-12-20-10-11-24(39-4)25(15-20)40-5/h10-11,15-16,21H,6-9,12-14,18H2,1-5H3. The van der Waals surface area contributed by atoms with Gasteiger partial charge < -0.3 is 19.1 Å². The van der Waals surface area contributed by atoms with Crippen molar-refractivity contribution < 1.29 is 23.8 Å². The molecule has 2 fully saturated rings. The summed E-state index contributed by atoms with van der Waals surface area (Å²) in [7, 11) is 3.15. The minimum atomic E-state index is -0.393. The normalized spacial score (nSPS) is 17.8.